The van der Waals surface area contributed by atoms with Crippen LogP contribution in [-0.2, 0) is 23.9 Å². The Hall–Kier alpha value is -2.19. The van der Waals surface area contributed by atoms with Crippen molar-refractivity contribution in [2.75, 3.05) is 26.3 Å². The van der Waals surface area contributed by atoms with Crippen LogP contribution in [0.1, 0.15) is 33.6 Å². The fourth-order valence-corrected chi connectivity index (χ4v) is 5.46. The standard InChI is InChI=1S/C22H30N2O6/c1-14(2)23-10-7-9-22-15(18(26)24(11-12-25)17(22)19(23)27)16-20(28)29-13-6-4-5-8-21(16,3)30-22/h5,7-9,14-17,25H,4,6,10-13H2,1-3H3/b8-5-/t15-,16+,17?,21-,22-/m0/s1. The lowest BCUT2D eigenvalue weighted by molar-refractivity contribution is -0.160. The van der Waals surface area contributed by atoms with Gasteiger partial charge in [0.25, 0.3) is 0 Å². The molecule has 4 heterocycles. The number of hydrogen-bond donors (Lipinski definition) is 1. The highest BCUT2D eigenvalue weighted by Gasteiger charge is 2.74. The zero-order chi connectivity index (χ0) is 21.7. The Labute approximate surface area is 176 Å². The maximum atomic E-state index is 13.6. The van der Waals surface area contributed by atoms with E-state index in [0.717, 1.165) is 6.42 Å². The van der Waals surface area contributed by atoms with Crippen LogP contribution in [0.4, 0.5) is 0 Å². The Bertz CT molecular complexity index is 807. The molecule has 0 aliphatic carbocycles. The van der Waals surface area contributed by atoms with Crippen molar-refractivity contribution in [2.45, 2.75) is 56.9 Å². The molecule has 0 aromatic carbocycles. The molecule has 8 nitrogen and oxygen atoms in total. The number of allylic oxidation sites excluding steroid dienone is 1. The van der Waals surface area contributed by atoms with Crippen molar-refractivity contribution >= 4 is 17.8 Å². The highest BCUT2D eigenvalue weighted by Crippen LogP contribution is 2.57. The largest absolute Gasteiger partial charge is 0.465 e. The molecule has 2 amide bonds. The van der Waals surface area contributed by atoms with Crippen molar-refractivity contribution in [2.24, 2.45) is 11.8 Å². The lowest BCUT2D eigenvalue weighted by Gasteiger charge is -2.38. The van der Waals surface area contributed by atoms with Crippen molar-refractivity contribution in [1.29, 1.82) is 0 Å². The third kappa shape index (κ3) is 2.92. The molecule has 164 valence electrons. The third-order valence-corrected chi connectivity index (χ3v) is 6.75. The van der Waals surface area contributed by atoms with Crippen molar-refractivity contribution in [3.63, 3.8) is 0 Å². The minimum absolute atomic E-state index is 0.00491. The molecular formula is C22H30N2O6. The van der Waals surface area contributed by atoms with Crippen LogP contribution in [0.15, 0.2) is 24.3 Å². The molecule has 30 heavy (non-hydrogen) atoms. The van der Waals surface area contributed by atoms with Crippen LogP contribution in [0.5, 0.6) is 0 Å². The van der Waals surface area contributed by atoms with E-state index in [1.54, 1.807) is 17.9 Å². The Morgan fingerprint density at radius 2 is 1.93 bits per heavy atom. The molecule has 5 atom stereocenters. The van der Waals surface area contributed by atoms with Crippen molar-refractivity contribution in [1.82, 2.24) is 9.80 Å². The molecule has 4 aliphatic rings. The highest BCUT2D eigenvalue weighted by atomic mass is 16.6. The van der Waals surface area contributed by atoms with E-state index in [4.69, 9.17) is 9.47 Å². The van der Waals surface area contributed by atoms with Crippen LogP contribution >= 0.6 is 0 Å². The molecule has 1 spiro atoms. The second-order valence-electron chi connectivity index (χ2n) is 8.95. The fourth-order valence-electron chi connectivity index (χ4n) is 5.46. The summed E-state index contributed by atoms with van der Waals surface area (Å²) in [7, 11) is 0. The first-order chi connectivity index (χ1) is 14.3. The number of amides is 2. The number of aliphatic hydroxyl groups is 1. The summed E-state index contributed by atoms with van der Waals surface area (Å²) in [5.74, 6) is -2.81. The van der Waals surface area contributed by atoms with Gasteiger partial charge in [-0.3, -0.25) is 14.4 Å². The van der Waals surface area contributed by atoms with Gasteiger partial charge in [-0.05, 0) is 33.6 Å². The van der Waals surface area contributed by atoms with Crippen LogP contribution in [0.2, 0.25) is 0 Å². The Morgan fingerprint density at radius 1 is 1.17 bits per heavy atom. The first-order valence-electron chi connectivity index (χ1n) is 10.7. The summed E-state index contributed by atoms with van der Waals surface area (Å²) >= 11 is 0. The Kier molecular flexibility index (Phi) is 5.26. The molecule has 1 unspecified atom stereocenters. The monoisotopic (exact) mass is 418 g/mol. The SMILES string of the molecule is CC(C)N1CC=C[C@]23O[C@@]4(C)/C=C\CCCOC(=O)[C@H]4[C@H]2C(=O)N(CCO)C3C1=O. The number of carbonyl (C=O) groups is 3. The van der Waals surface area contributed by atoms with Gasteiger partial charge >= 0.3 is 5.97 Å². The van der Waals surface area contributed by atoms with E-state index in [-0.39, 0.29) is 37.6 Å². The Morgan fingerprint density at radius 3 is 2.63 bits per heavy atom. The predicted octanol–water partition coefficient (Wildman–Crippen LogP) is 0.650. The number of nitrogens with zero attached hydrogens (tertiary/aromatic N) is 2. The van der Waals surface area contributed by atoms with Gasteiger partial charge in [-0.2, -0.15) is 0 Å². The van der Waals surface area contributed by atoms with Crippen LogP contribution in [0.3, 0.4) is 0 Å². The summed E-state index contributed by atoms with van der Waals surface area (Å²) < 4.78 is 12.1. The zero-order valence-corrected chi connectivity index (χ0v) is 17.7. The third-order valence-electron chi connectivity index (χ3n) is 6.75. The first kappa shape index (κ1) is 21.1. The second kappa shape index (κ2) is 7.50. The lowest BCUT2D eigenvalue weighted by Crippen LogP contribution is -2.57. The lowest BCUT2D eigenvalue weighted by atomic mass is 9.74. The average Bonchev–Trinajstić information content (AvgIpc) is 3.02. The maximum Gasteiger partial charge on any atom is 0.313 e. The molecule has 0 radical (unpaired) electrons. The molecular weight excluding hydrogens is 388 g/mol. The van der Waals surface area contributed by atoms with Gasteiger partial charge in [0, 0.05) is 19.1 Å². The minimum atomic E-state index is -1.28. The van der Waals surface area contributed by atoms with Crippen LogP contribution < -0.4 is 0 Å². The summed E-state index contributed by atoms with van der Waals surface area (Å²) in [4.78, 5) is 43.4. The summed E-state index contributed by atoms with van der Waals surface area (Å²) in [6.07, 6.45) is 8.89. The summed E-state index contributed by atoms with van der Waals surface area (Å²) in [5.41, 5.74) is -2.35. The van der Waals surface area contributed by atoms with Gasteiger partial charge in [0.05, 0.1) is 24.7 Å². The van der Waals surface area contributed by atoms with Gasteiger partial charge in [-0.1, -0.05) is 24.3 Å². The van der Waals surface area contributed by atoms with Crippen molar-refractivity contribution in [3.05, 3.63) is 24.3 Å². The molecule has 0 bridgehead atoms. The van der Waals surface area contributed by atoms with E-state index < -0.39 is 35.0 Å². The number of aliphatic hydroxyl groups excluding tert-OH is 1. The zero-order valence-electron chi connectivity index (χ0n) is 17.7. The van der Waals surface area contributed by atoms with E-state index in [1.165, 1.54) is 4.90 Å². The number of fused-ring (bicyclic) bond motifs is 2. The molecule has 0 aromatic heterocycles. The number of hydrogen-bond acceptors (Lipinski definition) is 6. The minimum Gasteiger partial charge on any atom is -0.465 e. The van der Waals surface area contributed by atoms with E-state index in [2.05, 4.69) is 0 Å². The number of cyclic esters (lactones) is 1. The second-order valence-corrected chi connectivity index (χ2v) is 8.95. The van der Waals surface area contributed by atoms with Crippen LogP contribution in [0.25, 0.3) is 0 Å². The topological polar surface area (TPSA) is 96.4 Å². The van der Waals surface area contributed by atoms with Crippen molar-refractivity contribution in [3.8, 4) is 0 Å². The normalized spacial score (nSPS) is 39.6. The number of esters is 1. The van der Waals surface area contributed by atoms with E-state index in [9.17, 15) is 19.5 Å². The molecule has 0 aromatic rings. The Balaban J connectivity index is 1.88. The molecule has 4 aliphatic heterocycles. The van der Waals surface area contributed by atoms with E-state index >= 15 is 0 Å². The van der Waals surface area contributed by atoms with E-state index in [1.807, 2.05) is 32.1 Å². The number of carbonyl (C=O) groups excluding carboxylic acids is 3. The first-order valence-corrected chi connectivity index (χ1v) is 10.7. The van der Waals surface area contributed by atoms with Crippen molar-refractivity contribution < 1.29 is 29.0 Å². The van der Waals surface area contributed by atoms with Gasteiger partial charge in [0.2, 0.25) is 11.8 Å². The van der Waals surface area contributed by atoms with Gasteiger partial charge in [0.1, 0.15) is 17.6 Å². The van der Waals surface area contributed by atoms with Gasteiger partial charge < -0.3 is 24.4 Å². The van der Waals surface area contributed by atoms with Gasteiger partial charge in [-0.25, -0.2) is 0 Å². The molecule has 0 saturated carbocycles. The smallest absolute Gasteiger partial charge is 0.313 e. The number of ether oxygens (including phenoxy) is 2. The summed E-state index contributed by atoms with van der Waals surface area (Å²) in [6.45, 7) is 6.03. The van der Waals surface area contributed by atoms with Gasteiger partial charge in [0.15, 0.2) is 0 Å². The predicted molar refractivity (Wildman–Crippen MR) is 107 cm³/mol. The summed E-state index contributed by atoms with van der Waals surface area (Å²) in [5, 5.41) is 9.60. The molecule has 2 fully saturated rings. The fraction of sp³-hybridized carbons (Fsp3) is 0.682. The van der Waals surface area contributed by atoms with Crippen LogP contribution in [-0.4, -0.2) is 82.3 Å². The summed E-state index contributed by atoms with van der Waals surface area (Å²) in [6, 6.07) is -1.00. The molecule has 4 rings (SSSR count). The van der Waals surface area contributed by atoms with Crippen LogP contribution in [0, 0.1) is 11.8 Å². The molecule has 1 N–H and O–H groups in total. The maximum absolute atomic E-state index is 13.6. The highest BCUT2D eigenvalue weighted by molar-refractivity contribution is 5.99. The van der Waals surface area contributed by atoms with E-state index in [0.29, 0.717) is 13.0 Å². The average molecular weight is 418 g/mol. The number of likely N-dealkylation sites (tertiary alicyclic amines) is 1. The molecule has 8 heteroatoms. The van der Waals surface area contributed by atoms with Gasteiger partial charge in [-0.15, -0.1) is 0 Å². The number of β-amino-alcohol motifs (C(OH)–C–C–N with tert-alkyl or cyclic N) is 1. The quantitative estimate of drug-likeness (QED) is 0.534. The number of rotatable bonds is 3. The molecule has 2 saturated heterocycles.